The van der Waals surface area contributed by atoms with Crippen LogP contribution < -0.4 is 16.0 Å². The van der Waals surface area contributed by atoms with E-state index in [1.165, 1.54) is 0 Å². The molecule has 0 spiro atoms. The van der Waals surface area contributed by atoms with Gasteiger partial charge >= 0.3 is 53.5 Å². The molecule has 5 aliphatic heterocycles. The molecule has 0 bridgehead atoms. The molecular weight excluding hydrogens is 1240 g/mol. The fourth-order valence-corrected chi connectivity index (χ4v) is 10.9. The third-order valence-electron chi connectivity index (χ3n) is 12.3. The van der Waals surface area contributed by atoms with Crippen LogP contribution in [0.5, 0.6) is 0 Å². The van der Waals surface area contributed by atoms with Gasteiger partial charge in [0, 0.05) is 20.8 Å². The van der Waals surface area contributed by atoms with Crippen molar-refractivity contribution in [3.05, 3.63) is 0 Å². The molecule has 17 N–H and O–H groups in total. The monoisotopic (exact) mass is 1300 g/mol. The minimum atomic E-state index is -5.82. The Kier molecular flexibility index (Phi) is 23.5. The van der Waals surface area contributed by atoms with Crippen LogP contribution in [-0.4, -0.2) is 306 Å². The van der Waals surface area contributed by atoms with Gasteiger partial charge in [0.25, 0.3) is 0 Å². The van der Waals surface area contributed by atoms with E-state index in [0.29, 0.717) is 0 Å². The maximum atomic E-state index is 12.9. The lowest BCUT2D eigenvalue weighted by Crippen LogP contribution is -2.71. The molecule has 25 atom stereocenters. The summed E-state index contributed by atoms with van der Waals surface area (Å²) >= 11 is 0. The normalized spacial score (nSPS) is 40.2. The Hall–Kier alpha value is -3.85. The fourth-order valence-electron chi connectivity index (χ4n) is 9.04. The molecule has 480 valence electrons. The topological polar surface area (TPSA) is 661 Å². The van der Waals surface area contributed by atoms with Crippen LogP contribution in [0.4, 0.5) is 0 Å². The standard InChI is InChI=1S/C36H57N3O40S4/c1-7(42)37-13-16(45)21(77-81(58,59)60)12(6-67-80(55,56)57)70-33(13)73-26-17(46)20(49)36(76-28(26)30(50)51)72-25-15(39-9(3)44)34(69-11(5-41)23(25)79-83(64,65)66)74-27-18(47)19(48)35(75-29(27)31(52)53)71-24-14(38-8(2)43)32(54)68-10(4-40)22(24)78-82(61,62)63/h10-29,32-36,40-41,45-49,54H,4-6H2,1-3H3,(H,37,42)(H,38,43)(H,39,44)(H,50,51)(H,52,53)(H,55,56,57)(H,58,59,60)(H,61,62,63)(H,64,65,66)/t10-,11-,12-,13-,14-,15-,16?,17-,18-,19-,20-,21+,22+,23+,24-,25-,26+,27+,28+,29+,32?,33+,34+,35-,36-/m1/s1. The van der Waals surface area contributed by atoms with Gasteiger partial charge in [0.2, 0.25) is 17.7 Å². The zero-order chi connectivity index (χ0) is 62.8. The van der Waals surface area contributed by atoms with E-state index < -0.39 is 244 Å². The smallest absolute Gasteiger partial charge is 0.397 e. The van der Waals surface area contributed by atoms with Crippen LogP contribution in [-0.2, 0) is 125 Å². The number of carboxylic acids is 2. The number of nitrogens with one attached hydrogen (secondary N) is 3. The van der Waals surface area contributed by atoms with Crippen LogP contribution in [0.3, 0.4) is 0 Å². The SMILES string of the molecule is CC(=O)N[C@H]1[C@H](O[C@H]2[C@H](O)[C@@H](O)[C@H](O[C@H]3[C@@H](OS(=O)(=O)O)[C@@H](CO)OC(O)[C@@H]3NC(C)=O)O[C@@H]2C(=O)O)O[C@H](CO)[C@H](OS(=O)(=O)O)[C@@H]1O[C@@H]1O[C@H](C(=O)O)[C@@H](O[C@@H]2O[C@H](COS(=O)(=O)O)[C@H](OS(=O)(=O)O)C(O)[C@H]2NC(C)=O)[C@H](O)[C@H]1O. The van der Waals surface area contributed by atoms with Gasteiger partial charge in [-0.05, 0) is 0 Å². The summed E-state index contributed by atoms with van der Waals surface area (Å²) < 4.78 is 200. The molecule has 0 saturated carbocycles. The van der Waals surface area contributed by atoms with Crippen molar-refractivity contribution in [2.45, 2.75) is 174 Å². The number of hydrogen-bond donors (Lipinski definition) is 17. The van der Waals surface area contributed by atoms with Gasteiger partial charge in [-0.2, -0.15) is 33.7 Å². The first-order valence-corrected chi connectivity index (χ1v) is 28.7. The van der Waals surface area contributed by atoms with Crippen molar-refractivity contribution < 1.29 is 186 Å². The lowest BCUT2D eigenvalue weighted by Gasteiger charge is -2.50. The molecule has 0 aromatic rings. The Labute approximate surface area is 466 Å². The number of carboxylic acid groups (broad SMARTS) is 2. The molecule has 0 aromatic heterocycles. The van der Waals surface area contributed by atoms with Crippen molar-refractivity contribution in [2.24, 2.45) is 0 Å². The van der Waals surface area contributed by atoms with Crippen molar-refractivity contribution in [1.29, 1.82) is 0 Å². The predicted molar refractivity (Wildman–Crippen MR) is 244 cm³/mol. The number of aliphatic hydroxyl groups excluding tert-OH is 8. The highest BCUT2D eigenvalue weighted by molar-refractivity contribution is 7.81. The quantitative estimate of drug-likeness (QED) is 0.0399. The molecule has 3 amide bonds. The van der Waals surface area contributed by atoms with Crippen molar-refractivity contribution in [3.63, 3.8) is 0 Å². The number of rotatable bonds is 24. The maximum absolute atomic E-state index is 12.9. The van der Waals surface area contributed by atoms with E-state index in [4.69, 9.17) is 47.2 Å². The second-order valence-corrected chi connectivity index (χ2v) is 22.5. The largest absolute Gasteiger partial charge is 0.479 e. The highest BCUT2D eigenvalue weighted by Gasteiger charge is 2.60. The number of aliphatic hydroxyl groups is 8. The Balaban J connectivity index is 1.51. The van der Waals surface area contributed by atoms with Gasteiger partial charge in [0.1, 0.15) is 110 Å². The zero-order valence-corrected chi connectivity index (χ0v) is 45.3. The van der Waals surface area contributed by atoms with E-state index in [9.17, 15) is 122 Å². The first-order chi connectivity index (χ1) is 38.1. The van der Waals surface area contributed by atoms with E-state index >= 15 is 0 Å². The average Bonchev–Trinajstić information content (AvgIpc) is 3.50. The van der Waals surface area contributed by atoms with E-state index in [1.807, 2.05) is 5.32 Å². The minimum Gasteiger partial charge on any atom is -0.479 e. The summed E-state index contributed by atoms with van der Waals surface area (Å²) in [6.45, 7) is -1.87. The maximum Gasteiger partial charge on any atom is 0.397 e. The first-order valence-electron chi connectivity index (χ1n) is 23.2. The Bertz CT molecular complexity index is 2760. The molecule has 43 nitrogen and oxygen atoms in total. The number of ether oxygens (including phenoxy) is 9. The van der Waals surface area contributed by atoms with Gasteiger partial charge in [-0.25, -0.2) is 26.3 Å². The van der Waals surface area contributed by atoms with Gasteiger partial charge in [-0.15, -0.1) is 0 Å². The molecule has 0 aromatic carbocycles. The third kappa shape index (κ3) is 18.4. The minimum absolute atomic E-state index is 0.726. The van der Waals surface area contributed by atoms with E-state index in [1.54, 1.807) is 0 Å². The Morgan fingerprint density at radius 3 is 1.14 bits per heavy atom. The van der Waals surface area contributed by atoms with Crippen LogP contribution in [0.15, 0.2) is 0 Å². The summed E-state index contributed by atoms with van der Waals surface area (Å²) in [5.41, 5.74) is 0. The first kappa shape index (κ1) is 69.9. The van der Waals surface area contributed by atoms with Crippen molar-refractivity contribution in [2.75, 3.05) is 19.8 Å². The second-order valence-electron chi connectivity index (χ2n) is 18.3. The molecule has 2 unspecified atom stereocenters. The number of carbonyl (C=O) groups is 5. The van der Waals surface area contributed by atoms with Crippen LogP contribution in [0.2, 0.25) is 0 Å². The molecule has 5 fully saturated rings. The van der Waals surface area contributed by atoms with Crippen LogP contribution in [0.25, 0.3) is 0 Å². The second kappa shape index (κ2) is 27.9. The number of amides is 3. The Morgan fingerprint density at radius 1 is 0.410 bits per heavy atom. The molecule has 0 aliphatic carbocycles. The highest BCUT2D eigenvalue weighted by Crippen LogP contribution is 2.38. The van der Waals surface area contributed by atoms with Gasteiger partial charge in [0.15, 0.2) is 43.7 Å². The van der Waals surface area contributed by atoms with Gasteiger partial charge in [-0.3, -0.25) is 32.6 Å². The van der Waals surface area contributed by atoms with E-state index in [-0.39, 0.29) is 0 Å². The van der Waals surface area contributed by atoms with Crippen molar-refractivity contribution >= 4 is 71.3 Å². The highest BCUT2D eigenvalue weighted by atomic mass is 32.3. The summed E-state index contributed by atoms with van der Waals surface area (Å²) in [5, 5.41) is 115. The summed E-state index contributed by atoms with van der Waals surface area (Å²) in [6.07, 6.45) is -55.4. The molecule has 5 aliphatic rings. The summed E-state index contributed by atoms with van der Waals surface area (Å²) in [6, 6.07) is -6.56. The predicted octanol–water partition coefficient (Wildman–Crippen LogP) is -12.0. The lowest BCUT2D eigenvalue weighted by atomic mass is 9.93. The van der Waals surface area contributed by atoms with E-state index in [2.05, 4.69) is 27.4 Å². The molecule has 5 saturated heterocycles. The van der Waals surface area contributed by atoms with Gasteiger partial charge < -0.3 is 110 Å². The number of carbonyl (C=O) groups excluding carboxylic acids is 3. The molecule has 0 radical (unpaired) electrons. The van der Waals surface area contributed by atoms with Gasteiger partial charge in [-0.1, -0.05) is 0 Å². The van der Waals surface area contributed by atoms with Crippen LogP contribution in [0, 0.1) is 0 Å². The van der Waals surface area contributed by atoms with E-state index in [0.717, 1.165) is 20.8 Å². The molecule has 47 heteroatoms. The zero-order valence-electron chi connectivity index (χ0n) is 42.1. The van der Waals surface area contributed by atoms with Crippen molar-refractivity contribution in [1.82, 2.24) is 16.0 Å². The Morgan fingerprint density at radius 2 is 0.759 bits per heavy atom. The summed E-state index contributed by atoms with van der Waals surface area (Å²) in [4.78, 5) is 63.0. The van der Waals surface area contributed by atoms with Crippen molar-refractivity contribution in [3.8, 4) is 0 Å². The van der Waals surface area contributed by atoms with Gasteiger partial charge in [0.05, 0.1) is 19.8 Å². The van der Waals surface area contributed by atoms with Crippen LogP contribution in [0.1, 0.15) is 20.8 Å². The molecule has 5 rings (SSSR count). The third-order valence-corrected chi connectivity index (χ3v) is 14.1. The fraction of sp³-hybridized carbons (Fsp3) is 0.861. The average molecular weight is 1300 g/mol. The molecule has 83 heavy (non-hydrogen) atoms. The molecule has 5 heterocycles. The molecular formula is C36H57N3O40S4. The van der Waals surface area contributed by atoms with Crippen LogP contribution >= 0.6 is 0 Å². The number of hydrogen-bond acceptors (Lipinski definition) is 34. The summed E-state index contributed by atoms with van der Waals surface area (Å²) in [5.74, 6) is -7.69. The lowest BCUT2D eigenvalue weighted by molar-refractivity contribution is -0.372. The summed E-state index contributed by atoms with van der Waals surface area (Å²) in [7, 11) is -22.5. The number of aliphatic carboxylic acids is 2.